The molecule has 1 unspecified atom stereocenters. The van der Waals surface area contributed by atoms with Gasteiger partial charge in [-0.3, -0.25) is 14.5 Å². The molecule has 1 amide bonds. The third kappa shape index (κ3) is 3.79. The van der Waals surface area contributed by atoms with Gasteiger partial charge in [-0.25, -0.2) is 9.37 Å². The number of anilines is 1. The molecule has 0 aliphatic carbocycles. The summed E-state index contributed by atoms with van der Waals surface area (Å²) in [6.45, 7) is 1.94. The minimum absolute atomic E-state index is 0.123. The van der Waals surface area contributed by atoms with Crippen LogP contribution in [0.25, 0.3) is 16.0 Å². The van der Waals surface area contributed by atoms with Crippen molar-refractivity contribution in [2.45, 2.75) is 13.0 Å². The van der Waals surface area contributed by atoms with Gasteiger partial charge >= 0.3 is 5.91 Å². The number of aliphatic hydroxyl groups is 1. The Morgan fingerprint density at radius 2 is 1.83 bits per heavy atom. The van der Waals surface area contributed by atoms with Gasteiger partial charge in [-0.05, 0) is 66.6 Å². The maximum absolute atomic E-state index is 13.5. The number of methoxy groups -OCH3 is 1. The van der Waals surface area contributed by atoms with E-state index in [9.17, 15) is 24.2 Å². The van der Waals surface area contributed by atoms with Crippen LogP contribution in [0, 0.1) is 12.7 Å². The quantitative estimate of drug-likeness (QED) is 0.235. The lowest BCUT2D eigenvalue weighted by molar-refractivity contribution is -0.132. The molecule has 35 heavy (non-hydrogen) atoms. The number of halogens is 1. The van der Waals surface area contributed by atoms with Crippen molar-refractivity contribution in [3.63, 3.8) is 0 Å². The van der Waals surface area contributed by atoms with Crippen molar-refractivity contribution in [1.82, 2.24) is 4.98 Å². The second kappa shape index (κ2) is 8.52. The van der Waals surface area contributed by atoms with Crippen LogP contribution in [-0.4, -0.2) is 34.0 Å². The number of aromatic nitrogens is 1. The molecule has 9 heteroatoms. The summed E-state index contributed by atoms with van der Waals surface area (Å²) in [6, 6.07) is 14.0. The first kappa shape index (κ1) is 22.5. The topological polar surface area (TPSA) is 100.0 Å². The van der Waals surface area contributed by atoms with Gasteiger partial charge in [0.15, 0.2) is 16.6 Å². The summed E-state index contributed by atoms with van der Waals surface area (Å²) < 4.78 is 19.5. The zero-order valence-electron chi connectivity index (χ0n) is 18.7. The molecule has 0 bridgehead atoms. The van der Waals surface area contributed by atoms with Crippen LogP contribution in [0.5, 0.6) is 11.5 Å². The third-order valence-corrected chi connectivity index (χ3v) is 6.84. The highest BCUT2D eigenvalue weighted by molar-refractivity contribution is 7.22. The van der Waals surface area contributed by atoms with Crippen molar-refractivity contribution in [3.8, 4) is 11.5 Å². The van der Waals surface area contributed by atoms with Crippen LogP contribution in [0.4, 0.5) is 9.52 Å². The average molecular weight is 491 g/mol. The Morgan fingerprint density at radius 3 is 2.54 bits per heavy atom. The molecule has 1 fully saturated rings. The number of benzene rings is 3. The number of Topliss-reactive ketones (excluding diaryl/α,β-unsaturated/α-hetero) is 1. The predicted octanol–water partition coefficient (Wildman–Crippen LogP) is 5.08. The van der Waals surface area contributed by atoms with Gasteiger partial charge in [0, 0.05) is 5.56 Å². The fourth-order valence-electron chi connectivity index (χ4n) is 4.10. The maximum Gasteiger partial charge on any atom is 0.301 e. The van der Waals surface area contributed by atoms with Crippen molar-refractivity contribution in [2.24, 2.45) is 0 Å². The number of ether oxygens (including phenoxy) is 1. The number of nitrogens with zero attached hydrogens (tertiary/aromatic N) is 2. The Kier molecular flexibility index (Phi) is 5.49. The van der Waals surface area contributed by atoms with E-state index < -0.39 is 29.3 Å². The minimum Gasteiger partial charge on any atom is -0.507 e. The first-order valence-electron chi connectivity index (χ1n) is 10.6. The first-order chi connectivity index (χ1) is 16.8. The van der Waals surface area contributed by atoms with Gasteiger partial charge in [0.1, 0.15) is 11.6 Å². The highest BCUT2D eigenvalue weighted by atomic mass is 32.1. The van der Waals surface area contributed by atoms with Gasteiger partial charge in [0.05, 0.1) is 28.9 Å². The van der Waals surface area contributed by atoms with E-state index in [1.54, 1.807) is 0 Å². The second-order valence-electron chi connectivity index (χ2n) is 8.07. The Hall–Kier alpha value is -4.24. The van der Waals surface area contributed by atoms with E-state index in [1.807, 2.05) is 25.1 Å². The third-order valence-electron chi connectivity index (χ3n) is 5.82. The number of carbonyl (C=O) groups is 2. The molecule has 1 saturated heterocycles. The van der Waals surface area contributed by atoms with Crippen molar-refractivity contribution < 1.29 is 28.9 Å². The molecule has 176 valence electrons. The molecule has 1 aliphatic rings. The Balaban J connectivity index is 1.75. The van der Waals surface area contributed by atoms with E-state index in [2.05, 4.69) is 4.98 Å². The zero-order chi connectivity index (χ0) is 24.9. The number of amides is 1. The molecule has 1 aliphatic heterocycles. The van der Waals surface area contributed by atoms with Crippen LogP contribution in [0.3, 0.4) is 0 Å². The number of phenolic OH excluding ortho intramolecular Hbond substituents is 1. The molecule has 2 N–H and O–H groups in total. The minimum atomic E-state index is -1.06. The second-order valence-corrected chi connectivity index (χ2v) is 9.08. The van der Waals surface area contributed by atoms with Crippen LogP contribution >= 0.6 is 11.3 Å². The number of carbonyl (C=O) groups excluding carboxylic acids is 2. The molecule has 2 heterocycles. The molecule has 3 aromatic carbocycles. The van der Waals surface area contributed by atoms with Crippen molar-refractivity contribution in [3.05, 3.63) is 88.7 Å². The Morgan fingerprint density at radius 1 is 1.09 bits per heavy atom. The highest BCUT2D eigenvalue weighted by Crippen LogP contribution is 2.45. The van der Waals surface area contributed by atoms with Crippen molar-refractivity contribution >= 4 is 44.1 Å². The number of aryl methyl sites for hydroxylation is 1. The van der Waals surface area contributed by atoms with E-state index in [0.717, 1.165) is 22.4 Å². The summed E-state index contributed by atoms with van der Waals surface area (Å²) >= 11 is 1.24. The van der Waals surface area contributed by atoms with Gasteiger partial charge in [-0.15, -0.1) is 0 Å². The summed E-state index contributed by atoms with van der Waals surface area (Å²) in [6.07, 6.45) is 0. The number of aliphatic hydroxyl groups excluding tert-OH is 1. The summed E-state index contributed by atoms with van der Waals surface area (Å²) in [4.78, 5) is 32.4. The van der Waals surface area contributed by atoms with Crippen LogP contribution in [0.1, 0.15) is 22.7 Å². The van der Waals surface area contributed by atoms with Crippen LogP contribution in [-0.2, 0) is 9.59 Å². The molecular formula is C26H19FN2O5S. The van der Waals surface area contributed by atoms with Crippen LogP contribution < -0.4 is 9.64 Å². The van der Waals surface area contributed by atoms with Gasteiger partial charge in [-0.2, -0.15) is 0 Å². The number of aromatic hydroxyl groups is 1. The molecule has 0 spiro atoms. The lowest BCUT2D eigenvalue weighted by Crippen LogP contribution is -2.29. The summed E-state index contributed by atoms with van der Waals surface area (Å²) in [7, 11) is 1.38. The number of thiazole rings is 1. The van der Waals surface area contributed by atoms with E-state index >= 15 is 0 Å². The van der Waals surface area contributed by atoms with Gasteiger partial charge in [0.25, 0.3) is 5.78 Å². The summed E-state index contributed by atoms with van der Waals surface area (Å²) in [5, 5.41) is 21.5. The fraction of sp³-hybridized carbons (Fsp3) is 0.115. The molecule has 5 rings (SSSR count). The van der Waals surface area contributed by atoms with E-state index in [-0.39, 0.29) is 27.8 Å². The Bertz CT molecular complexity index is 1530. The largest absolute Gasteiger partial charge is 0.507 e. The van der Waals surface area contributed by atoms with Crippen molar-refractivity contribution in [1.29, 1.82) is 0 Å². The highest BCUT2D eigenvalue weighted by Gasteiger charge is 2.48. The van der Waals surface area contributed by atoms with E-state index in [0.29, 0.717) is 11.1 Å². The molecule has 4 aromatic rings. The number of rotatable bonds is 4. The molecule has 1 atom stereocenters. The van der Waals surface area contributed by atoms with E-state index in [1.165, 1.54) is 53.7 Å². The zero-order valence-corrected chi connectivity index (χ0v) is 19.5. The molecule has 1 aromatic heterocycles. The predicted molar refractivity (Wildman–Crippen MR) is 130 cm³/mol. The monoisotopic (exact) mass is 490 g/mol. The van der Waals surface area contributed by atoms with Gasteiger partial charge < -0.3 is 14.9 Å². The number of ketones is 1. The SMILES string of the molecule is COc1cc(C2C(=C(O)c3ccc(F)cc3)C(=O)C(=O)N2c2nc3ccc(C)cc3s2)ccc1O. The summed E-state index contributed by atoms with van der Waals surface area (Å²) in [5.41, 5.74) is 2.10. The van der Waals surface area contributed by atoms with Gasteiger partial charge in [-0.1, -0.05) is 23.5 Å². The molecule has 0 radical (unpaired) electrons. The van der Waals surface area contributed by atoms with Crippen LogP contribution in [0.2, 0.25) is 0 Å². The van der Waals surface area contributed by atoms with Crippen LogP contribution in [0.15, 0.2) is 66.2 Å². The standard InChI is InChI=1S/C26H19FN2O5S/c1-13-3-9-17-20(11-13)35-26(28-17)29-22(15-6-10-18(30)19(12-15)34-2)21(24(32)25(29)33)23(31)14-4-7-16(27)8-5-14/h3-12,22,30-31H,1-2H3. The van der Waals surface area contributed by atoms with Crippen molar-refractivity contribution in [2.75, 3.05) is 12.0 Å². The fourth-order valence-corrected chi connectivity index (χ4v) is 5.19. The normalized spacial score (nSPS) is 17.3. The van der Waals surface area contributed by atoms with E-state index in [4.69, 9.17) is 4.74 Å². The van der Waals surface area contributed by atoms with Gasteiger partial charge in [0.2, 0.25) is 0 Å². The number of fused-ring (bicyclic) bond motifs is 1. The lowest BCUT2D eigenvalue weighted by atomic mass is 9.95. The number of hydrogen-bond donors (Lipinski definition) is 2. The average Bonchev–Trinajstić information content (AvgIpc) is 3.37. The summed E-state index contributed by atoms with van der Waals surface area (Å²) in [5.74, 6) is -2.70. The number of hydrogen-bond acceptors (Lipinski definition) is 7. The molecular weight excluding hydrogens is 471 g/mol. The molecule has 0 saturated carbocycles. The smallest absolute Gasteiger partial charge is 0.301 e. The Labute approximate surface area is 203 Å². The lowest BCUT2D eigenvalue weighted by Gasteiger charge is -2.23. The molecule has 7 nitrogen and oxygen atoms in total. The number of phenols is 1. The maximum atomic E-state index is 13.5. The first-order valence-corrected chi connectivity index (χ1v) is 11.4.